The van der Waals surface area contributed by atoms with E-state index in [1.54, 1.807) is 0 Å². The number of halogens is 1. The van der Waals surface area contributed by atoms with Crippen LogP contribution in [0.1, 0.15) is 43.0 Å². The highest BCUT2D eigenvalue weighted by atomic mass is 35.5. The first-order chi connectivity index (χ1) is 13.7. The summed E-state index contributed by atoms with van der Waals surface area (Å²) < 4.78 is 0. The highest BCUT2D eigenvalue weighted by molar-refractivity contribution is 7.15. The first kappa shape index (κ1) is 19.6. The number of piperazine rings is 1. The third kappa shape index (κ3) is 5.01. The van der Waals surface area contributed by atoms with Gasteiger partial charge in [-0.05, 0) is 37.1 Å². The van der Waals surface area contributed by atoms with Crippen LogP contribution < -0.4 is 10.2 Å². The maximum absolute atomic E-state index is 12.4. The van der Waals surface area contributed by atoms with Crippen LogP contribution in [0, 0.1) is 0 Å². The van der Waals surface area contributed by atoms with Crippen LogP contribution in [0.5, 0.6) is 0 Å². The van der Waals surface area contributed by atoms with Gasteiger partial charge in [-0.2, -0.15) is 0 Å². The Kier molecular flexibility index (Phi) is 6.44. The van der Waals surface area contributed by atoms with Gasteiger partial charge in [0.15, 0.2) is 0 Å². The summed E-state index contributed by atoms with van der Waals surface area (Å²) in [6, 6.07) is 7.93. The number of benzene rings is 1. The molecule has 2 aromatic rings. The van der Waals surface area contributed by atoms with Gasteiger partial charge < -0.3 is 4.90 Å². The van der Waals surface area contributed by atoms with Crippen LogP contribution in [0.25, 0.3) is 0 Å². The second-order valence-electron chi connectivity index (χ2n) is 7.57. The molecule has 0 atom stereocenters. The first-order valence-corrected chi connectivity index (χ1v) is 11.2. The largest absolute Gasteiger partial charge is 0.369 e. The number of aromatic nitrogens is 2. The third-order valence-electron chi connectivity index (χ3n) is 5.57. The summed E-state index contributed by atoms with van der Waals surface area (Å²) in [6.07, 6.45) is 6.26. The van der Waals surface area contributed by atoms with E-state index in [0.29, 0.717) is 17.6 Å². The second-order valence-corrected chi connectivity index (χ2v) is 9.01. The average molecular weight is 420 g/mol. The molecule has 1 amide bonds. The van der Waals surface area contributed by atoms with Gasteiger partial charge in [-0.15, -0.1) is 10.2 Å². The lowest BCUT2D eigenvalue weighted by molar-refractivity contribution is -0.117. The van der Waals surface area contributed by atoms with Crippen molar-refractivity contribution < 1.29 is 4.79 Å². The van der Waals surface area contributed by atoms with Crippen LogP contribution in [-0.4, -0.2) is 53.7 Å². The number of anilines is 2. The Morgan fingerprint density at radius 3 is 2.50 bits per heavy atom. The van der Waals surface area contributed by atoms with E-state index in [2.05, 4.69) is 25.3 Å². The summed E-state index contributed by atoms with van der Waals surface area (Å²) in [6.45, 7) is 3.92. The van der Waals surface area contributed by atoms with Crippen LogP contribution in [0.3, 0.4) is 0 Å². The molecule has 150 valence electrons. The van der Waals surface area contributed by atoms with E-state index in [1.807, 2.05) is 24.3 Å². The van der Waals surface area contributed by atoms with E-state index in [4.69, 9.17) is 11.6 Å². The van der Waals surface area contributed by atoms with Crippen molar-refractivity contribution in [3.63, 3.8) is 0 Å². The van der Waals surface area contributed by atoms with Crippen molar-refractivity contribution in [2.45, 2.75) is 38.0 Å². The van der Waals surface area contributed by atoms with Gasteiger partial charge in [0, 0.05) is 42.8 Å². The van der Waals surface area contributed by atoms with Gasteiger partial charge in [0.1, 0.15) is 5.01 Å². The number of nitrogens with one attached hydrogen (secondary N) is 1. The predicted molar refractivity (Wildman–Crippen MR) is 114 cm³/mol. The quantitative estimate of drug-likeness (QED) is 0.793. The fraction of sp³-hybridized carbons (Fsp3) is 0.550. The molecule has 4 rings (SSSR count). The van der Waals surface area contributed by atoms with Gasteiger partial charge in [0.25, 0.3) is 0 Å². The van der Waals surface area contributed by atoms with Crippen LogP contribution in [0.15, 0.2) is 24.3 Å². The second kappa shape index (κ2) is 9.20. The molecule has 1 aromatic carbocycles. The lowest BCUT2D eigenvalue weighted by Crippen LogP contribution is -2.48. The van der Waals surface area contributed by atoms with Crippen molar-refractivity contribution in [1.82, 2.24) is 15.1 Å². The first-order valence-electron chi connectivity index (χ1n) is 10.0. The van der Waals surface area contributed by atoms with Crippen molar-refractivity contribution in [3.05, 3.63) is 34.3 Å². The van der Waals surface area contributed by atoms with E-state index >= 15 is 0 Å². The average Bonchev–Trinajstić information content (AvgIpc) is 3.18. The van der Waals surface area contributed by atoms with Gasteiger partial charge in [-0.1, -0.05) is 42.2 Å². The summed E-state index contributed by atoms with van der Waals surface area (Å²) in [5.74, 6) is 0.518. The molecule has 1 aliphatic heterocycles. The number of rotatable bonds is 5. The lowest BCUT2D eigenvalue weighted by Gasteiger charge is -2.35. The van der Waals surface area contributed by atoms with Crippen molar-refractivity contribution in [2.24, 2.45) is 0 Å². The fourth-order valence-corrected chi connectivity index (χ4v) is 5.03. The molecule has 1 aliphatic carbocycles. The summed E-state index contributed by atoms with van der Waals surface area (Å²) in [5, 5.41) is 13.9. The molecule has 6 nitrogen and oxygen atoms in total. The van der Waals surface area contributed by atoms with Crippen LogP contribution in [0.2, 0.25) is 5.02 Å². The summed E-state index contributed by atoms with van der Waals surface area (Å²) in [4.78, 5) is 16.9. The molecule has 2 aliphatic rings. The number of hydrogen-bond acceptors (Lipinski definition) is 6. The maximum Gasteiger partial charge on any atom is 0.240 e. The van der Waals surface area contributed by atoms with Gasteiger partial charge >= 0.3 is 0 Å². The Morgan fingerprint density at radius 1 is 1.07 bits per heavy atom. The highest BCUT2D eigenvalue weighted by Gasteiger charge is 2.22. The van der Waals surface area contributed by atoms with Crippen LogP contribution >= 0.6 is 22.9 Å². The molecular weight excluding hydrogens is 394 g/mol. The summed E-state index contributed by atoms with van der Waals surface area (Å²) in [5.41, 5.74) is 1.18. The van der Waals surface area contributed by atoms with Gasteiger partial charge in [0.2, 0.25) is 11.0 Å². The third-order valence-corrected chi connectivity index (χ3v) is 6.83. The number of carbonyl (C=O) groups is 1. The van der Waals surface area contributed by atoms with E-state index in [9.17, 15) is 4.79 Å². The minimum atomic E-state index is -0.00807. The van der Waals surface area contributed by atoms with Crippen molar-refractivity contribution in [3.8, 4) is 0 Å². The Morgan fingerprint density at radius 2 is 1.79 bits per heavy atom. The summed E-state index contributed by atoms with van der Waals surface area (Å²) in [7, 11) is 0. The van der Waals surface area contributed by atoms with E-state index < -0.39 is 0 Å². The van der Waals surface area contributed by atoms with E-state index in [0.717, 1.165) is 36.2 Å². The van der Waals surface area contributed by atoms with Gasteiger partial charge in [-0.3, -0.25) is 15.0 Å². The Balaban J connectivity index is 1.23. The Bertz CT molecular complexity index is 782. The summed E-state index contributed by atoms with van der Waals surface area (Å²) >= 11 is 7.50. The normalized spacial score (nSPS) is 19.0. The van der Waals surface area contributed by atoms with Crippen LogP contribution in [-0.2, 0) is 4.79 Å². The molecule has 28 heavy (non-hydrogen) atoms. The lowest BCUT2D eigenvalue weighted by atomic mass is 9.90. The molecule has 1 aromatic heterocycles. The topological polar surface area (TPSA) is 61.4 Å². The molecule has 0 spiro atoms. The molecule has 2 heterocycles. The number of amides is 1. The molecule has 1 saturated heterocycles. The standard InChI is InChI=1S/C20H26ClN5OS/c21-16-6-8-17(9-7-16)26-12-10-25(11-13-26)14-18(27)22-20-24-23-19(28-20)15-4-2-1-3-5-15/h6-9,15H,1-5,10-14H2,(H,22,24,27). The Hall–Kier alpha value is -1.70. The van der Waals surface area contributed by atoms with Gasteiger partial charge in [0.05, 0.1) is 6.54 Å². The fourth-order valence-electron chi connectivity index (χ4n) is 3.98. The molecular formula is C20H26ClN5OS. The zero-order valence-corrected chi connectivity index (χ0v) is 17.5. The SMILES string of the molecule is O=C(CN1CCN(c2ccc(Cl)cc2)CC1)Nc1nnc(C2CCCCC2)s1. The number of hydrogen-bond donors (Lipinski definition) is 1. The Labute approximate surface area is 174 Å². The molecule has 8 heteroatoms. The van der Waals surface area contributed by atoms with Gasteiger partial charge in [-0.25, -0.2) is 0 Å². The molecule has 0 bridgehead atoms. The molecule has 1 N–H and O–H groups in total. The highest BCUT2D eigenvalue weighted by Crippen LogP contribution is 2.35. The predicted octanol–water partition coefficient (Wildman–Crippen LogP) is 4.00. The maximum atomic E-state index is 12.4. The molecule has 0 radical (unpaired) electrons. The molecule has 1 saturated carbocycles. The zero-order chi connectivity index (χ0) is 19.3. The smallest absolute Gasteiger partial charge is 0.240 e. The zero-order valence-electron chi connectivity index (χ0n) is 15.9. The number of carbonyl (C=O) groups excluding carboxylic acids is 1. The molecule has 2 fully saturated rings. The van der Waals surface area contributed by atoms with E-state index in [1.165, 1.54) is 49.1 Å². The van der Waals surface area contributed by atoms with Crippen molar-refractivity contribution in [2.75, 3.05) is 42.9 Å². The molecule has 0 unspecified atom stereocenters. The van der Waals surface area contributed by atoms with Crippen molar-refractivity contribution in [1.29, 1.82) is 0 Å². The van der Waals surface area contributed by atoms with Crippen LogP contribution in [0.4, 0.5) is 10.8 Å². The van der Waals surface area contributed by atoms with E-state index in [-0.39, 0.29) is 5.91 Å². The van der Waals surface area contributed by atoms with Crippen molar-refractivity contribution >= 4 is 39.7 Å². The minimum absolute atomic E-state index is 0.00807. The monoisotopic (exact) mass is 419 g/mol. The minimum Gasteiger partial charge on any atom is -0.369 e. The number of nitrogens with zero attached hydrogens (tertiary/aromatic N) is 4.